The molecule has 0 unspecified atom stereocenters. The Labute approximate surface area is 162 Å². The maximum Gasteiger partial charge on any atom is 0.254 e. The Morgan fingerprint density at radius 2 is 1.96 bits per heavy atom. The minimum Gasteiger partial charge on any atom is -0.345 e. The number of carbonyl (C=O) groups is 1. The second-order valence-corrected chi connectivity index (χ2v) is 8.12. The number of hydrogen-bond acceptors (Lipinski definition) is 6. The molecule has 4 heterocycles. The molecule has 27 heavy (non-hydrogen) atoms. The standard InChI is InChI=1S/C19H24N6OS/c1-12(2)15-11-14(16-13(3)22-23(4)17(16)21-15)18(26)24-6-8-25(9-7-24)19-20-5-10-27-19/h5,10-12H,6-9H2,1-4H3. The van der Waals surface area contributed by atoms with E-state index >= 15 is 0 Å². The zero-order valence-corrected chi connectivity index (χ0v) is 17.0. The molecule has 0 spiro atoms. The van der Waals surface area contributed by atoms with Gasteiger partial charge in [0.2, 0.25) is 0 Å². The molecule has 0 aliphatic carbocycles. The van der Waals surface area contributed by atoms with Crippen molar-refractivity contribution in [1.82, 2.24) is 24.6 Å². The summed E-state index contributed by atoms with van der Waals surface area (Å²) < 4.78 is 1.77. The van der Waals surface area contributed by atoms with Crippen LogP contribution >= 0.6 is 11.3 Å². The van der Waals surface area contributed by atoms with Gasteiger partial charge >= 0.3 is 0 Å². The number of pyridine rings is 1. The first-order chi connectivity index (χ1) is 13.0. The lowest BCUT2D eigenvalue weighted by atomic mass is 10.0. The fourth-order valence-corrected chi connectivity index (χ4v) is 4.27. The zero-order valence-electron chi connectivity index (χ0n) is 16.1. The molecule has 0 radical (unpaired) electrons. The van der Waals surface area contributed by atoms with Crippen LogP contribution in [0.15, 0.2) is 17.6 Å². The number of aromatic nitrogens is 4. The van der Waals surface area contributed by atoms with Gasteiger partial charge in [-0.05, 0) is 18.9 Å². The maximum absolute atomic E-state index is 13.4. The summed E-state index contributed by atoms with van der Waals surface area (Å²) in [6, 6.07) is 1.96. The van der Waals surface area contributed by atoms with Crippen molar-refractivity contribution < 1.29 is 4.79 Å². The molecule has 142 valence electrons. The molecular formula is C19H24N6OS. The molecule has 0 bridgehead atoms. The summed E-state index contributed by atoms with van der Waals surface area (Å²) in [5.41, 5.74) is 3.27. The molecule has 0 N–H and O–H groups in total. The van der Waals surface area contributed by atoms with Crippen LogP contribution in [0.3, 0.4) is 0 Å². The minimum absolute atomic E-state index is 0.0687. The molecule has 3 aromatic heterocycles. The molecule has 0 aromatic carbocycles. The maximum atomic E-state index is 13.4. The van der Waals surface area contributed by atoms with E-state index in [1.54, 1.807) is 16.0 Å². The molecule has 0 saturated carbocycles. The van der Waals surface area contributed by atoms with Crippen LogP contribution in [0.5, 0.6) is 0 Å². The predicted octanol–water partition coefficient (Wildman–Crippen LogP) is 2.82. The fourth-order valence-electron chi connectivity index (χ4n) is 3.57. The van der Waals surface area contributed by atoms with E-state index < -0.39 is 0 Å². The molecule has 4 rings (SSSR count). The highest BCUT2D eigenvalue weighted by molar-refractivity contribution is 7.13. The second kappa shape index (κ2) is 6.92. The van der Waals surface area contributed by atoms with Gasteiger partial charge in [-0.1, -0.05) is 13.8 Å². The van der Waals surface area contributed by atoms with Crippen molar-refractivity contribution in [3.8, 4) is 0 Å². The SMILES string of the molecule is Cc1nn(C)c2nc(C(C)C)cc(C(=O)N3CCN(c4nccs4)CC3)c12. The first kappa shape index (κ1) is 17.9. The van der Waals surface area contributed by atoms with E-state index in [2.05, 4.69) is 28.8 Å². The summed E-state index contributed by atoms with van der Waals surface area (Å²) in [5, 5.41) is 8.37. The van der Waals surface area contributed by atoms with Gasteiger partial charge in [-0.25, -0.2) is 9.97 Å². The molecule has 3 aromatic rings. The van der Waals surface area contributed by atoms with Crippen molar-refractivity contribution >= 4 is 33.4 Å². The third kappa shape index (κ3) is 3.18. The van der Waals surface area contributed by atoms with E-state index in [1.807, 2.05) is 36.5 Å². The molecule has 0 atom stereocenters. The Bertz CT molecular complexity index is 970. The summed E-state index contributed by atoms with van der Waals surface area (Å²) in [7, 11) is 1.88. The largest absolute Gasteiger partial charge is 0.345 e. The van der Waals surface area contributed by atoms with Crippen molar-refractivity contribution in [3.63, 3.8) is 0 Å². The van der Waals surface area contributed by atoms with Crippen molar-refractivity contribution in [2.45, 2.75) is 26.7 Å². The highest BCUT2D eigenvalue weighted by Crippen LogP contribution is 2.27. The lowest BCUT2D eigenvalue weighted by molar-refractivity contribution is 0.0748. The van der Waals surface area contributed by atoms with Crippen LogP contribution in [0.1, 0.15) is 41.5 Å². The Morgan fingerprint density at radius 3 is 2.59 bits per heavy atom. The molecule has 1 saturated heterocycles. The minimum atomic E-state index is 0.0687. The number of amides is 1. The Balaban J connectivity index is 1.65. The lowest BCUT2D eigenvalue weighted by Gasteiger charge is -2.34. The van der Waals surface area contributed by atoms with Crippen LogP contribution in [-0.2, 0) is 7.05 Å². The highest BCUT2D eigenvalue weighted by Gasteiger charge is 2.27. The molecular weight excluding hydrogens is 360 g/mol. The number of piperazine rings is 1. The lowest BCUT2D eigenvalue weighted by Crippen LogP contribution is -2.48. The molecule has 1 amide bonds. The Hall–Kier alpha value is -2.48. The van der Waals surface area contributed by atoms with Crippen molar-refractivity contribution in [2.75, 3.05) is 31.1 Å². The van der Waals surface area contributed by atoms with Gasteiger partial charge in [-0.2, -0.15) is 5.10 Å². The number of anilines is 1. The van der Waals surface area contributed by atoms with Crippen molar-refractivity contribution in [2.24, 2.45) is 7.05 Å². The summed E-state index contributed by atoms with van der Waals surface area (Å²) in [4.78, 5) is 26.7. The predicted molar refractivity (Wildman–Crippen MR) is 108 cm³/mol. The van der Waals surface area contributed by atoms with E-state index in [1.165, 1.54) is 0 Å². The molecule has 1 aliphatic heterocycles. The van der Waals surface area contributed by atoms with Gasteiger partial charge in [-0.3, -0.25) is 9.48 Å². The zero-order chi connectivity index (χ0) is 19.1. The van der Waals surface area contributed by atoms with Gasteiger partial charge in [0.25, 0.3) is 5.91 Å². The number of nitrogens with zero attached hydrogens (tertiary/aromatic N) is 6. The van der Waals surface area contributed by atoms with Crippen LogP contribution in [-0.4, -0.2) is 56.7 Å². The highest BCUT2D eigenvalue weighted by atomic mass is 32.1. The number of fused-ring (bicyclic) bond motifs is 1. The topological polar surface area (TPSA) is 67.2 Å². The first-order valence-electron chi connectivity index (χ1n) is 9.23. The summed E-state index contributed by atoms with van der Waals surface area (Å²) >= 11 is 1.64. The van der Waals surface area contributed by atoms with Gasteiger partial charge in [0.05, 0.1) is 16.6 Å². The van der Waals surface area contributed by atoms with E-state index in [4.69, 9.17) is 4.98 Å². The van der Waals surface area contributed by atoms with Gasteiger partial charge in [0.1, 0.15) is 0 Å². The van der Waals surface area contributed by atoms with Crippen LogP contribution in [0.2, 0.25) is 0 Å². The smallest absolute Gasteiger partial charge is 0.254 e. The van der Waals surface area contributed by atoms with E-state index in [0.29, 0.717) is 13.1 Å². The van der Waals surface area contributed by atoms with E-state index in [0.717, 1.165) is 46.2 Å². The normalized spacial score (nSPS) is 15.1. The number of rotatable bonds is 3. The second-order valence-electron chi connectivity index (χ2n) is 7.25. The van der Waals surface area contributed by atoms with Crippen LogP contribution < -0.4 is 4.90 Å². The number of carbonyl (C=O) groups excluding carboxylic acids is 1. The summed E-state index contributed by atoms with van der Waals surface area (Å²) in [6.07, 6.45) is 1.82. The van der Waals surface area contributed by atoms with E-state index in [9.17, 15) is 4.79 Å². The van der Waals surface area contributed by atoms with Crippen LogP contribution in [0, 0.1) is 6.92 Å². The summed E-state index contributed by atoms with van der Waals surface area (Å²) in [5.74, 6) is 0.317. The van der Waals surface area contributed by atoms with Crippen LogP contribution in [0.25, 0.3) is 11.0 Å². The van der Waals surface area contributed by atoms with E-state index in [-0.39, 0.29) is 11.8 Å². The quantitative estimate of drug-likeness (QED) is 0.695. The first-order valence-corrected chi connectivity index (χ1v) is 10.1. The van der Waals surface area contributed by atoms with Crippen LogP contribution in [0.4, 0.5) is 5.13 Å². The molecule has 8 heteroatoms. The third-order valence-corrected chi connectivity index (χ3v) is 5.90. The fraction of sp³-hybridized carbons (Fsp3) is 0.474. The molecule has 7 nitrogen and oxygen atoms in total. The third-order valence-electron chi connectivity index (χ3n) is 5.07. The Morgan fingerprint density at radius 1 is 1.22 bits per heavy atom. The summed E-state index contributed by atoms with van der Waals surface area (Å²) in [6.45, 7) is 9.12. The van der Waals surface area contributed by atoms with Gasteiger partial charge < -0.3 is 9.80 Å². The molecule has 1 fully saturated rings. The van der Waals surface area contributed by atoms with Gasteiger partial charge in [0.15, 0.2) is 10.8 Å². The number of aryl methyl sites for hydroxylation is 2. The monoisotopic (exact) mass is 384 g/mol. The Kier molecular flexibility index (Phi) is 4.59. The average molecular weight is 385 g/mol. The number of thiazole rings is 1. The molecule has 1 aliphatic rings. The van der Waals surface area contributed by atoms with Crippen molar-refractivity contribution in [3.05, 3.63) is 34.6 Å². The average Bonchev–Trinajstić information content (AvgIpc) is 3.29. The number of hydrogen-bond donors (Lipinski definition) is 0. The van der Waals surface area contributed by atoms with Crippen molar-refractivity contribution in [1.29, 1.82) is 0 Å². The van der Waals surface area contributed by atoms with Gasteiger partial charge in [-0.15, -0.1) is 11.3 Å². The van der Waals surface area contributed by atoms with Gasteiger partial charge in [0, 0.05) is 50.5 Å².